The van der Waals surface area contributed by atoms with Gasteiger partial charge in [-0.05, 0) is 48.0 Å². The molecular formula is C30H38F3N5O2. The molecule has 4 rings (SSSR count). The number of nitrogens with one attached hydrogen (secondary N) is 2. The number of nitrogens with zero attached hydrogens (tertiary/aromatic N) is 3. The lowest BCUT2D eigenvalue weighted by atomic mass is 10.0. The molecule has 1 aliphatic heterocycles. The van der Waals surface area contributed by atoms with E-state index in [1.807, 2.05) is 44.0 Å². The summed E-state index contributed by atoms with van der Waals surface area (Å²) in [6, 6.07) is 13.1. The number of alkyl halides is 3. The predicted molar refractivity (Wildman–Crippen MR) is 154 cm³/mol. The summed E-state index contributed by atoms with van der Waals surface area (Å²) in [4.78, 5) is 20.9. The lowest BCUT2D eigenvalue weighted by molar-refractivity contribution is -0.138. The summed E-state index contributed by atoms with van der Waals surface area (Å²) in [6.07, 6.45) is -1.06. The Morgan fingerprint density at radius 1 is 0.925 bits per heavy atom. The van der Waals surface area contributed by atoms with Crippen LogP contribution in [0.4, 0.5) is 24.5 Å². The number of halogens is 3. The van der Waals surface area contributed by atoms with Crippen LogP contribution in [0.15, 0.2) is 60.9 Å². The van der Waals surface area contributed by atoms with Crippen LogP contribution < -0.4 is 15.4 Å². The second-order valence-corrected chi connectivity index (χ2v) is 9.15. The molecule has 10 heteroatoms. The van der Waals surface area contributed by atoms with E-state index in [-0.39, 0.29) is 24.4 Å². The molecule has 2 aromatic carbocycles. The first kappa shape index (κ1) is 30.9. The van der Waals surface area contributed by atoms with Crippen molar-refractivity contribution >= 4 is 17.3 Å². The fraction of sp³-hybridized carbons (Fsp3) is 0.400. The third-order valence-corrected chi connectivity index (χ3v) is 6.59. The number of pyridine rings is 1. The van der Waals surface area contributed by atoms with Gasteiger partial charge in [0.2, 0.25) is 0 Å². The maximum absolute atomic E-state index is 13.8. The van der Waals surface area contributed by atoms with Crippen molar-refractivity contribution in [2.75, 3.05) is 57.0 Å². The van der Waals surface area contributed by atoms with Crippen molar-refractivity contribution in [3.63, 3.8) is 0 Å². The van der Waals surface area contributed by atoms with Crippen molar-refractivity contribution in [1.29, 1.82) is 0 Å². The third-order valence-electron chi connectivity index (χ3n) is 6.59. The normalized spacial score (nSPS) is 14.2. The number of hydrogen-bond donors (Lipinski definition) is 2. The molecule has 1 amide bonds. The highest BCUT2D eigenvalue weighted by Gasteiger charge is 2.34. The zero-order chi connectivity index (χ0) is 29.1. The largest absolute Gasteiger partial charge is 0.484 e. The third kappa shape index (κ3) is 8.69. The van der Waals surface area contributed by atoms with Crippen molar-refractivity contribution in [2.24, 2.45) is 0 Å². The van der Waals surface area contributed by atoms with Crippen LogP contribution >= 0.6 is 0 Å². The van der Waals surface area contributed by atoms with Crippen LogP contribution in [0.5, 0.6) is 5.75 Å². The fourth-order valence-corrected chi connectivity index (χ4v) is 4.38. The van der Waals surface area contributed by atoms with Gasteiger partial charge in [0.1, 0.15) is 5.75 Å². The molecule has 0 saturated carbocycles. The van der Waals surface area contributed by atoms with Gasteiger partial charge in [-0.3, -0.25) is 14.7 Å². The summed E-state index contributed by atoms with van der Waals surface area (Å²) >= 11 is 0. The number of likely N-dealkylation sites (N-methyl/N-ethyl adjacent to an activating group) is 1. The number of aromatic nitrogens is 1. The molecule has 40 heavy (non-hydrogen) atoms. The molecule has 3 aromatic rings. The van der Waals surface area contributed by atoms with Gasteiger partial charge in [0.05, 0.1) is 11.3 Å². The van der Waals surface area contributed by atoms with Gasteiger partial charge >= 0.3 is 6.18 Å². The maximum atomic E-state index is 13.8. The van der Waals surface area contributed by atoms with Crippen molar-refractivity contribution in [3.05, 3.63) is 72.1 Å². The van der Waals surface area contributed by atoms with Gasteiger partial charge in [0.15, 0.2) is 6.61 Å². The topological polar surface area (TPSA) is 69.7 Å². The number of carbonyl (C=O) groups excluding carboxylic acids is 1. The molecule has 0 spiro atoms. The van der Waals surface area contributed by atoms with Gasteiger partial charge < -0.3 is 20.3 Å². The monoisotopic (exact) mass is 557 g/mol. The van der Waals surface area contributed by atoms with E-state index in [0.717, 1.165) is 55.6 Å². The zero-order valence-electron chi connectivity index (χ0n) is 23.5. The van der Waals surface area contributed by atoms with Crippen LogP contribution in [0.3, 0.4) is 0 Å². The molecule has 1 saturated heterocycles. The van der Waals surface area contributed by atoms with Crippen LogP contribution in [0, 0.1) is 0 Å². The molecule has 0 unspecified atom stereocenters. The van der Waals surface area contributed by atoms with E-state index in [0.29, 0.717) is 5.75 Å². The molecule has 216 valence electrons. The highest BCUT2D eigenvalue weighted by Crippen LogP contribution is 2.34. The summed E-state index contributed by atoms with van der Waals surface area (Å²) < 4.78 is 47.0. The maximum Gasteiger partial charge on any atom is 0.416 e. The van der Waals surface area contributed by atoms with Gasteiger partial charge in [0, 0.05) is 63.4 Å². The molecule has 0 radical (unpaired) electrons. The van der Waals surface area contributed by atoms with Gasteiger partial charge in [0.25, 0.3) is 5.91 Å². The lowest BCUT2D eigenvalue weighted by Gasteiger charge is -2.34. The molecule has 2 heterocycles. The first-order valence-electron chi connectivity index (χ1n) is 13.6. The van der Waals surface area contributed by atoms with Crippen LogP contribution in [-0.4, -0.2) is 67.1 Å². The molecule has 0 bridgehead atoms. The number of carbonyl (C=O) groups is 1. The van der Waals surface area contributed by atoms with Crippen LogP contribution in [0.1, 0.15) is 31.9 Å². The van der Waals surface area contributed by atoms with Crippen molar-refractivity contribution in [3.8, 4) is 16.9 Å². The summed E-state index contributed by atoms with van der Waals surface area (Å²) in [5.74, 6) is -0.0762. The average Bonchev–Trinajstić information content (AvgIpc) is 2.98. The molecule has 0 atom stereocenters. The minimum Gasteiger partial charge on any atom is -0.484 e. The summed E-state index contributed by atoms with van der Waals surface area (Å²) in [7, 11) is 1.82. The van der Waals surface area contributed by atoms with Crippen molar-refractivity contribution < 1.29 is 22.7 Å². The lowest BCUT2D eigenvalue weighted by Crippen LogP contribution is -2.45. The highest BCUT2D eigenvalue weighted by atomic mass is 19.4. The van der Waals surface area contributed by atoms with Crippen LogP contribution in [0.2, 0.25) is 0 Å². The second kappa shape index (κ2) is 14.7. The molecule has 1 fully saturated rings. The Balaban J connectivity index is 0.00000216. The Kier molecular flexibility index (Phi) is 11.3. The van der Waals surface area contributed by atoms with E-state index < -0.39 is 17.6 Å². The minimum atomic E-state index is -4.53. The predicted octanol–water partition coefficient (Wildman–Crippen LogP) is 5.99. The van der Waals surface area contributed by atoms with E-state index in [1.54, 1.807) is 24.5 Å². The smallest absolute Gasteiger partial charge is 0.416 e. The molecule has 0 aliphatic carbocycles. The van der Waals surface area contributed by atoms with E-state index in [2.05, 4.69) is 27.4 Å². The standard InChI is InChI=1S/C28H32F3N5O2.C2H6/c1-3-35-10-12-36(13-11-35)18-21-4-7-23(15-26(21)28(29,30)31)34-27(37)19-38-25-8-5-20(6-9-25)22-14-24(32-2)17-33-16-22;1-2/h4-9,14-17,32H,3,10-13,18-19H2,1-2H3,(H,34,37);1-2H3. The fourth-order valence-electron chi connectivity index (χ4n) is 4.38. The second-order valence-electron chi connectivity index (χ2n) is 9.15. The zero-order valence-corrected chi connectivity index (χ0v) is 23.5. The Bertz CT molecular complexity index is 1230. The van der Waals surface area contributed by atoms with Gasteiger partial charge in [-0.2, -0.15) is 13.2 Å². The van der Waals surface area contributed by atoms with Crippen molar-refractivity contribution in [2.45, 2.75) is 33.5 Å². The first-order chi connectivity index (χ1) is 19.2. The number of anilines is 2. The first-order valence-corrected chi connectivity index (χ1v) is 13.6. The number of hydrogen-bond acceptors (Lipinski definition) is 6. The molecule has 2 N–H and O–H groups in total. The van der Waals surface area contributed by atoms with E-state index >= 15 is 0 Å². The molecule has 1 aromatic heterocycles. The number of rotatable bonds is 9. The summed E-state index contributed by atoms with van der Waals surface area (Å²) in [6.45, 7) is 10.0. The van der Waals surface area contributed by atoms with E-state index in [4.69, 9.17) is 4.74 Å². The van der Waals surface area contributed by atoms with Crippen LogP contribution in [-0.2, 0) is 17.5 Å². The Labute approximate surface area is 234 Å². The van der Waals surface area contributed by atoms with E-state index in [1.165, 1.54) is 12.1 Å². The quantitative estimate of drug-likeness (QED) is 0.337. The SMILES string of the molecule is CC.CCN1CCN(Cc2ccc(NC(=O)COc3ccc(-c4cncc(NC)c4)cc3)cc2C(F)(F)F)CC1. The molecular weight excluding hydrogens is 519 g/mol. The van der Waals surface area contributed by atoms with Gasteiger partial charge in [-0.15, -0.1) is 0 Å². The van der Waals surface area contributed by atoms with Gasteiger partial charge in [-0.25, -0.2) is 0 Å². The minimum absolute atomic E-state index is 0.0812. The summed E-state index contributed by atoms with van der Waals surface area (Å²) in [5, 5.41) is 5.56. The number of piperazine rings is 1. The molecule has 1 aliphatic rings. The Hall–Kier alpha value is -3.63. The van der Waals surface area contributed by atoms with Gasteiger partial charge in [-0.1, -0.05) is 39.0 Å². The highest BCUT2D eigenvalue weighted by molar-refractivity contribution is 5.92. The summed E-state index contributed by atoms with van der Waals surface area (Å²) in [5.41, 5.74) is 2.29. The van der Waals surface area contributed by atoms with Crippen LogP contribution in [0.25, 0.3) is 11.1 Å². The van der Waals surface area contributed by atoms with Crippen molar-refractivity contribution in [1.82, 2.24) is 14.8 Å². The number of amides is 1. The molecule has 7 nitrogen and oxygen atoms in total. The number of ether oxygens (including phenoxy) is 1. The number of benzene rings is 2. The Morgan fingerprint density at radius 3 is 2.23 bits per heavy atom. The average molecular weight is 558 g/mol. The van der Waals surface area contributed by atoms with E-state index in [9.17, 15) is 18.0 Å². The Morgan fingerprint density at radius 2 is 1.60 bits per heavy atom.